The Morgan fingerprint density at radius 2 is 1.84 bits per heavy atom. The Morgan fingerprint density at radius 1 is 1.09 bits per heavy atom. The number of anilines is 1. The Morgan fingerprint density at radius 3 is 2.47 bits per heavy atom. The normalized spacial score (nSPS) is 10.3. The highest BCUT2D eigenvalue weighted by atomic mass is 32.1. The fraction of sp³-hybridized carbons (Fsp3) is 0.190. The fourth-order valence-electron chi connectivity index (χ4n) is 2.89. The van der Waals surface area contributed by atoms with Crippen LogP contribution in [-0.4, -0.2) is 49.7 Å². The molecule has 0 aliphatic rings. The van der Waals surface area contributed by atoms with Crippen LogP contribution < -0.4 is 16.4 Å². The van der Waals surface area contributed by atoms with Crippen LogP contribution >= 0.6 is 11.3 Å². The summed E-state index contributed by atoms with van der Waals surface area (Å²) in [6, 6.07) is 9.14. The Bertz CT molecular complexity index is 1190. The number of amides is 2. The molecule has 2 amide bonds. The van der Waals surface area contributed by atoms with Gasteiger partial charge in [-0.2, -0.15) is 0 Å². The van der Waals surface area contributed by atoms with Gasteiger partial charge in [-0.1, -0.05) is 31.3 Å². The quantitative estimate of drug-likeness (QED) is 0.344. The van der Waals surface area contributed by atoms with E-state index >= 15 is 0 Å². The number of hydrogen-bond acceptors (Lipinski definition) is 8. The molecule has 1 aromatic carbocycles. The van der Waals surface area contributed by atoms with E-state index in [0.29, 0.717) is 22.8 Å². The van der Waals surface area contributed by atoms with Crippen LogP contribution in [0.3, 0.4) is 0 Å². The van der Waals surface area contributed by atoms with Crippen LogP contribution in [0.2, 0.25) is 0 Å². The van der Waals surface area contributed by atoms with E-state index in [-0.39, 0.29) is 11.8 Å². The van der Waals surface area contributed by atoms with Gasteiger partial charge in [0.05, 0.1) is 15.9 Å². The molecule has 0 unspecified atom stereocenters. The predicted molar refractivity (Wildman–Crippen MR) is 128 cm³/mol. The molecule has 0 aliphatic carbocycles. The van der Waals surface area contributed by atoms with Crippen molar-refractivity contribution in [3.05, 3.63) is 48.9 Å². The number of carbonyl (C=O) groups is 1. The van der Waals surface area contributed by atoms with Crippen molar-refractivity contribution in [2.75, 3.05) is 11.9 Å². The molecule has 164 valence electrons. The van der Waals surface area contributed by atoms with Gasteiger partial charge < -0.3 is 15.4 Å². The highest BCUT2D eigenvalue weighted by Crippen LogP contribution is 2.37. The van der Waals surface area contributed by atoms with Crippen LogP contribution in [0, 0.1) is 0 Å². The second kappa shape index (κ2) is 10.8. The number of hydrogen-bond donors (Lipinski definition) is 4. The van der Waals surface area contributed by atoms with Crippen LogP contribution in [0.4, 0.5) is 9.93 Å². The molecule has 0 radical (unpaired) electrons. The number of carbonyl (C=O) groups excluding carboxylic acids is 1. The van der Waals surface area contributed by atoms with Crippen molar-refractivity contribution >= 4 is 45.6 Å². The van der Waals surface area contributed by atoms with Crippen LogP contribution in [0.1, 0.15) is 20.8 Å². The van der Waals surface area contributed by atoms with Crippen LogP contribution in [0.25, 0.3) is 32.6 Å². The second-order valence-electron chi connectivity index (χ2n) is 6.29. The molecule has 9 nitrogen and oxygen atoms in total. The highest BCUT2D eigenvalue weighted by molar-refractivity contribution is 7.22. The Balaban J connectivity index is 0.00000141. The van der Waals surface area contributed by atoms with Crippen LogP contribution in [0.5, 0.6) is 0 Å². The minimum atomic E-state index is -1.73. The smallest absolute Gasteiger partial charge is 0.421 e. The molecule has 4 aromatic rings. The van der Waals surface area contributed by atoms with E-state index in [1.54, 1.807) is 6.20 Å². The minimum Gasteiger partial charge on any atom is -0.421 e. The number of nitrogens with one attached hydrogen (secondary N) is 2. The summed E-state index contributed by atoms with van der Waals surface area (Å²) >= 11 is 1.36. The average Bonchev–Trinajstić information content (AvgIpc) is 3.22. The zero-order chi connectivity index (χ0) is 23.1. The van der Waals surface area contributed by atoms with Crippen molar-refractivity contribution < 1.29 is 14.8 Å². The lowest BCUT2D eigenvalue weighted by Gasteiger charge is -2.07. The Hall–Kier alpha value is -3.41. The van der Waals surface area contributed by atoms with Crippen molar-refractivity contribution in [3.63, 3.8) is 0 Å². The number of thiazole rings is 1. The number of nitrogens with zero attached hydrogens (tertiary/aromatic N) is 4. The maximum atomic E-state index is 11.9. The lowest BCUT2D eigenvalue weighted by Crippen LogP contribution is -2.35. The number of rotatable bonds is 5. The summed E-state index contributed by atoms with van der Waals surface area (Å²) in [5, 5.41) is 24.3. The maximum Gasteiger partial charge on any atom is 0.528 e. The van der Waals surface area contributed by atoms with Crippen molar-refractivity contribution in [3.8, 4) is 22.4 Å². The van der Waals surface area contributed by atoms with E-state index in [1.807, 2.05) is 51.1 Å². The van der Waals surface area contributed by atoms with Gasteiger partial charge in [0.2, 0.25) is 0 Å². The molecule has 32 heavy (non-hydrogen) atoms. The third-order valence-electron chi connectivity index (χ3n) is 4.22. The molecule has 3 heterocycles. The molecule has 0 atom stereocenters. The summed E-state index contributed by atoms with van der Waals surface area (Å²) < 4.78 is 0.882. The first kappa shape index (κ1) is 23.3. The van der Waals surface area contributed by atoms with E-state index in [1.165, 1.54) is 23.7 Å². The maximum absolute atomic E-state index is 11.9. The third-order valence-corrected chi connectivity index (χ3v) is 5.24. The SMILES string of the molecule is CC.CCNC(=O)Nc1nc2cc(-c3cnc(B(O)O)nc3)cc(-c3ccccn3)c2s1. The van der Waals surface area contributed by atoms with E-state index in [4.69, 9.17) is 0 Å². The molecule has 4 rings (SSSR count). The van der Waals surface area contributed by atoms with Crippen molar-refractivity contribution in [1.29, 1.82) is 0 Å². The zero-order valence-electron chi connectivity index (χ0n) is 17.9. The van der Waals surface area contributed by atoms with E-state index in [9.17, 15) is 14.8 Å². The minimum absolute atomic E-state index is 0.0770. The summed E-state index contributed by atoms with van der Waals surface area (Å²) in [5.41, 5.74) is 3.71. The standard InChI is InChI=1S/C19H17BN6O3S.C2H6/c1-2-21-18(27)26-19-25-15-8-11(12-9-23-17(20(28)29)24-10-12)7-13(16(15)30-19)14-5-3-4-6-22-14;1-2/h3-10,28-29H,2H2,1H3,(H2,21,25,26,27);1-2H3. The van der Waals surface area contributed by atoms with E-state index in [2.05, 4.69) is 30.6 Å². The Kier molecular flexibility index (Phi) is 7.82. The van der Waals surface area contributed by atoms with Crippen molar-refractivity contribution in [2.45, 2.75) is 20.8 Å². The molecule has 3 aromatic heterocycles. The molecule has 0 bridgehead atoms. The number of benzene rings is 1. The number of urea groups is 1. The molecule has 11 heteroatoms. The van der Waals surface area contributed by atoms with Gasteiger partial charge in [-0.05, 0) is 36.8 Å². The number of pyridine rings is 1. The fourth-order valence-corrected chi connectivity index (χ4v) is 3.85. The summed E-state index contributed by atoms with van der Waals surface area (Å²) in [6.07, 6.45) is 4.75. The predicted octanol–water partition coefficient (Wildman–Crippen LogP) is 2.66. The van der Waals surface area contributed by atoms with Gasteiger partial charge in [0, 0.05) is 36.3 Å². The summed E-state index contributed by atoms with van der Waals surface area (Å²) in [5.74, 6) is 0. The van der Waals surface area contributed by atoms with E-state index in [0.717, 1.165) is 21.5 Å². The molecule has 0 saturated heterocycles. The van der Waals surface area contributed by atoms with Crippen LogP contribution in [0.15, 0.2) is 48.9 Å². The van der Waals surface area contributed by atoms with Gasteiger partial charge in [-0.25, -0.2) is 19.7 Å². The van der Waals surface area contributed by atoms with Crippen molar-refractivity contribution in [2.24, 2.45) is 0 Å². The summed E-state index contributed by atoms with van der Waals surface area (Å²) in [6.45, 7) is 6.35. The third kappa shape index (κ3) is 5.25. The number of aromatic nitrogens is 4. The van der Waals surface area contributed by atoms with Crippen LogP contribution in [-0.2, 0) is 0 Å². The van der Waals surface area contributed by atoms with Gasteiger partial charge in [-0.15, -0.1) is 0 Å². The first-order chi connectivity index (χ1) is 15.5. The first-order valence-corrected chi connectivity index (χ1v) is 11.0. The molecule has 0 fully saturated rings. The first-order valence-electron chi connectivity index (χ1n) is 10.1. The topological polar surface area (TPSA) is 133 Å². The average molecular weight is 450 g/mol. The molecular weight excluding hydrogens is 427 g/mol. The van der Waals surface area contributed by atoms with Crippen molar-refractivity contribution in [1.82, 2.24) is 25.3 Å². The summed E-state index contributed by atoms with van der Waals surface area (Å²) in [4.78, 5) is 28.9. The second-order valence-corrected chi connectivity index (χ2v) is 7.29. The zero-order valence-corrected chi connectivity index (χ0v) is 18.7. The lowest BCUT2D eigenvalue weighted by atomic mass is 9.90. The molecule has 4 N–H and O–H groups in total. The lowest BCUT2D eigenvalue weighted by molar-refractivity contribution is 0.252. The van der Waals surface area contributed by atoms with Gasteiger partial charge in [0.1, 0.15) is 0 Å². The highest BCUT2D eigenvalue weighted by Gasteiger charge is 2.17. The molecule has 0 spiro atoms. The molecule has 0 saturated carbocycles. The number of fused-ring (bicyclic) bond motifs is 1. The van der Waals surface area contributed by atoms with Gasteiger partial charge in [-0.3, -0.25) is 10.3 Å². The summed E-state index contributed by atoms with van der Waals surface area (Å²) in [7, 11) is -1.73. The molecule has 0 aliphatic heterocycles. The Labute approximate surface area is 189 Å². The van der Waals surface area contributed by atoms with E-state index < -0.39 is 7.12 Å². The van der Waals surface area contributed by atoms with Gasteiger partial charge >= 0.3 is 13.1 Å². The largest absolute Gasteiger partial charge is 0.528 e. The molecular formula is C21H23BN6O3S. The van der Waals surface area contributed by atoms with Gasteiger partial charge in [0.25, 0.3) is 0 Å². The van der Waals surface area contributed by atoms with Gasteiger partial charge in [0.15, 0.2) is 10.9 Å². The monoisotopic (exact) mass is 450 g/mol.